The second-order valence-corrected chi connectivity index (χ2v) is 3.67. The van der Waals surface area contributed by atoms with Crippen LogP contribution in [-0.4, -0.2) is 31.5 Å². The molecular formula is C10H13ClN2O2. The van der Waals surface area contributed by atoms with Crippen molar-refractivity contribution >= 4 is 23.2 Å². The molecule has 0 aliphatic carbocycles. The van der Waals surface area contributed by atoms with Gasteiger partial charge in [-0.3, -0.25) is 4.79 Å². The summed E-state index contributed by atoms with van der Waals surface area (Å²) in [5.41, 5.74) is 6.02. The minimum Gasteiger partial charge on any atom is -0.484 e. The van der Waals surface area contributed by atoms with E-state index in [1.807, 2.05) is 0 Å². The summed E-state index contributed by atoms with van der Waals surface area (Å²) in [6, 6.07) is 4.89. The summed E-state index contributed by atoms with van der Waals surface area (Å²) >= 11 is 5.79. The molecule has 0 radical (unpaired) electrons. The Hall–Kier alpha value is -1.42. The van der Waals surface area contributed by atoms with Crippen LogP contribution in [0.1, 0.15) is 0 Å². The molecule has 2 N–H and O–H groups in total. The largest absolute Gasteiger partial charge is 0.484 e. The number of benzene rings is 1. The van der Waals surface area contributed by atoms with Crippen LogP contribution in [0.5, 0.6) is 5.75 Å². The number of nitrogen functional groups attached to an aromatic ring is 1. The van der Waals surface area contributed by atoms with Crippen LogP contribution in [0, 0.1) is 0 Å². The van der Waals surface area contributed by atoms with Crippen LogP contribution in [0.15, 0.2) is 18.2 Å². The molecule has 0 atom stereocenters. The highest BCUT2D eigenvalue weighted by Crippen LogP contribution is 2.23. The Labute approximate surface area is 93.6 Å². The molecule has 5 heteroatoms. The fourth-order valence-corrected chi connectivity index (χ4v) is 1.04. The molecule has 1 amide bonds. The van der Waals surface area contributed by atoms with Crippen molar-refractivity contribution in [3.8, 4) is 5.75 Å². The summed E-state index contributed by atoms with van der Waals surface area (Å²) < 4.78 is 5.23. The van der Waals surface area contributed by atoms with Crippen LogP contribution >= 0.6 is 11.6 Å². The maximum absolute atomic E-state index is 11.2. The minimum atomic E-state index is -0.108. The summed E-state index contributed by atoms with van der Waals surface area (Å²) in [6.45, 7) is -0.00670. The first kappa shape index (κ1) is 11.7. The van der Waals surface area contributed by atoms with Gasteiger partial charge in [0.25, 0.3) is 5.91 Å². The van der Waals surface area contributed by atoms with Gasteiger partial charge in [-0.1, -0.05) is 11.6 Å². The van der Waals surface area contributed by atoms with Crippen LogP contribution in [0.4, 0.5) is 5.69 Å². The normalized spacial score (nSPS) is 9.80. The molecular weight excluding hydrogens is 216 g/mol. The van der Waals surface area contributed by atoms with Gasteiger partial charge in [0.05, 0.1) is 10.7 Å². The number of likely N-dealkylation sites (N-methyl/N-ethyl adjacent to an activating group) is 1. The van der Waals surface area contributed by atoms with E-state index >= 15 is 0 Å². The third-order valence-corrected chi connectivity index (χ3v) is 2.16. The molecule has 15 heavy (non-hydrogen) atoms. The van der Waals surface area contributed by atoms with Crippen LogP contribution in [0.2, 0.25) is 5.02 Å². The van der Waals surface area contributed by atoms with Gasteiger partial charge in [0, 0.05) is 20.2 Å². The van der Waals surface area contributed by atoms with Gasteiger partial charge in [0.2, 0.25) is 0 Å². The van der Waals surface area contributed by atoms with Crippen LogP contribution in [0.25, 0.3) is 0 Å². The predicted octanol–water partition coefficient (Wildman–Crippen LogP) is 1.39. The molecule has 1 aromatic rings. The maximum Gasteiger partial charge on any atom is 0.259 e. The summed E-state index contributed by atoms with van der Waals surface area (Å²) in [5, 5.41) is 0.421. The van der Waals surface area contributed by atoms with Gasteiger partial charge < -0.3 is 15.4 Å². The highest BCUT2D eigenvalue weighted by Gasteiger charge is 2.05. The molecule has 0 aromatic heterocycles. The zero-order valence-electron chi connectivity index (χ0n) is 8.66. The van der Waals surface area contributed by atoms with E-state index in [1.165, 1.54) is 4.90 Å². The second-order valence-electron chi connectivity index (χ2n) is 3.26. The first-order valence-corrected chi connectivity index (χ1v) is 4.76. The van der Waals surface area contributed by atoms with Crippen molar-refractivity contribution in [1.82, 2.24) is 4.90 Å². The summed E-state index contributed by atoms with van der Waals surface area (Å²) in [6.07, 6.45) is 0. The number of hydrogen-bond acceptors (Lipinski definition) is 3. The zero-order chi connectivity index (χ0) is 11.4. The number of anilines is 1. The number of halogens is 1. The third kappa shape index (κ3) is 3.32. The third-order valence-electron chi connectivity index (χ3n) is 1.83. The van der Waals surface area contributed by atoms with Gasteiger partial charge in [0.1, 0.15) is 5.75 Å². The van der Waals surface area contributed by atoms with Gasteiger partial charge >= 0.3 is 0 Å². The van der Waals surface area contributed by atoms with Crippen LogP contribution < -0.4 is 10.5 Å². The van der Waals surface area contributed by atoms with Gasteiger partial charge in [-0.05, 0) is 12.1 Å². The van der Waals surface area contributed by atoms with E-state index in [2.05, 4.69) is 0 Å². The van der Waals surface area contributed by atoms with Crippen LogP contribution in [0.3, 0.4) is 0 Å². The Morgan fingerprint density at radius 3 is 2.73 bits per heavy atom. The first-order chi connectivity index (χ1) is 7.00. The van der Waals surface area contributed by atoms with E-state index in [1.54, 1.807) is 32.3 Å². The van der Waals surface area contributed by atoms with Crippen LogP contribution in [-0.2, 0) is 4.79 Å². The fourth-order valence-electron chi connectivity index (χ4n) is 0.872. The van der Waals surface area contributed by atoms with Crippen molar-refractivity contribution < 1.29 is 9.53 Å². The second kappa shape index (κ2) is 4.89. The van der Waals surface area contributed by atoms with E-state index in [0.29, 0.717) is 16.5 Å². The molecule has 0 saturated heterocycles. The topological polar surface area (TPSA) is 55.6 Å². The molecule has 82 valence electrons. The molecule has 0 saturated carbocycles. The number of hydrogen-bond donors (Lipinski definition) is 1. The van der Waals surface area contributed by atoms with Crippen molar-refractivity contribution in [1.29, 1.82) is 0 Å². The molecule has 0 bridgehead atoms. The van der Waals surface area contributed by atoms with E-state index in [9.17, 15) is 4.79 Å². The number of ether oxygens (including phenoxy) is 1. The average molecular weight is 229 g/mol. The quantitative estimate of drug-likeness (QED) is 0.796. The standard InChI is InChI=1S/C10H13ClN2O2/c1-13(2)10(14)6-15-7-3-4-9(12)8(11)5-7/h3-5H,6,12H2,1-2H3. The Bertz CT molecular complexity index is 366. The smallest absolute Gasteiger partial charge is 0.259 e. The lowest BCUT2D eigenvalue weighted by Crippen LogP contribution is -2.27. The Morgan fingerprint density at radius 1 is 1.53 bits per heavy atom. The molecule has 0 aliphatic rings. The summed E-state index contributed by atoms with van der Waals surface area (Å²) in [5.74, 6) is 0.423. The molecule has 0 fully saturated rings. The van der Waals surface area contributed by atoms with E-state index in [0.717, 1.165) is 0 Å². The van der Waals surface area contributed by atoms with E-state index < -0.39 is 0 Å². The molecule has 0 unspecified atom stereocenters. The molecule has 0 heterocycles. The monoisotopic (exact) mass is 228 g/mol. The fraction of sp³-hybridized carbons (Fsp3) is 0.300. The van der Waals surface area contributed by atoms with Gasteiger partial charge in [-0.25, -0.2) is 0 Å². The number of nitrogens with zero attached hydrogens (tertiary/aromatic N) is 1. The Morgan fingerprint density at radius 2 is 2.20 bits per heavy atom. The summed E-state index contributed by atoms with van der Waals surface area (Å²) in [4.78, 5) is 12.7. The minimum absolute atomic E-state index is 0.00670. The van der Waals surface area contributed by atoms with E-state index in [4.69, 9.17) is 22.1 Å². The van der Waals surface area contributed by atoms with E-state index in [-0.39, 0.29) is 12.5 Å². The highest BCUT2D eigenvalue weighted by atomic mass is 35.5. The number of nitrogens with two attached hydrogens (primary N) is 1. The molecule has 1 rings (SSSR count). The van der Waals surface area contributed by atoms with Crippen molar-refractivity contribution in [2.24, 2.45) is 0 Å². The Balaban J connectivity index is 2.58. The number of carbonyl (C=O) groups is 1. The first-order valence-electron chi connectivity index (χ1n) is 4.38. The van der Waals surface area contributed by atoms with Gasteiger partial charge in [-0.15, -0.1) is 0 Å². The van der Waals surface area contributed by atoms with Gasteiger partial charge in [-0.2, -0.15) is 0 Å². The van der Waals surface area contributed by atoms with Crippen molar-refractivity contribution in [3.05, 3.63) is 23.2 Å². The van der Waals surface area contributed by atoms with Crippen molar-refractivity contribution in [2.75, 3.05) is 26.4 Å². The number of amides is 1. The average Bonchev–Trinajstić information content (AvgIpc) is 2.19. The molecule has 1 aromatic carbocycles. The predicted molar refractivity (Wildman–Crippen MR) is 60.1 cm³/mol. The van der Waals surface area contributed by atoms with Crippen molar-refractivity contribution in [2.45, 2.75) is 0 Å². The lowest BCUT2D eigenvalue weighted by atomic mass is 10.3. The lowest BCUT2D eigenvalue weighted by Gasteiger charge is -2.11. The number of carbonyl (C=O) groups excluding carboxylic acids is 1. The Kier molecular flexibility index (Phi) is 3.80. The number of rotatable bonds is 3. The molecule has 0 aliphatic heterocycles. The van der Waals surface area contributed by atoms with Crippen molar-refractivity contribution in [3.63, 3.8) is 0 Å². The highest BCUT2D eigenvalue weighted by molar-refractivity contribution is 6.33. The lowest BCUT2D eigenvalue weighted by molar-refractivity contribution is -0.130. The van der Waals surface area contributed by atoms with Gasteiger partial charge in [0.15, 0.2) is 6.61 Å². The molecule has 0 spiro atoms. The summed E-state index contributed by atoms with van der Waals surface area (Å²) in [7, 11) is 3.34. The molecule has 4 nitrogen and oxygen atoms in total. The maximum atomic E-state index is 11.2. The zero-order valence-corrected chi connectivity index (χ0v) is 9.41. The SMILES string of the molecule is CN(C)C(=O)COc1ccc(N)c(Cl)c1.